The maximum Gasteiger partial charge on any atom is 0.194 e. The summed E-state index contributed by atoms with van der Waals surface area (Å²) in [5, 5.41) is 3.42. The molecule has 0 atom stereocenters. The van der Waals surface area contributed by atoms with Gasteiger partial charge in [-0.05, 0) is 44.5 Å². The molecule has 1 N–H and O–H groups in total. The van der Waals surface area contributed by atoms with Gasteiger partial charge in [-0.15, -0.1) is 0 Å². The molecule has 2 saturated heterocycles. The number of likely N-dealkylation sites (tertiary alicyclic amines) is 1. The molecule has 0 radical (unpaired) electrons. The van der Waals surface area contributed by atoms with Crippen molar-refractivity contribution < 1.29 is 0 Å². The number of hydrogen-bond donors (Lipinski definition) is 1. The Bertz CT molecular complexity index is 544. The molecule has 3 rings (SSSR count). The summed E-state index contributed by atoms with van der Waals surface area (Å²) >= 11 is 0. The van der Waals surface area contributed by atoms with Gasteiger partial charge in [0.2, 0.25) is 0 Å². The molecule has 0 saturated carbocycles. The lowest BCUT2D eigenvalue weighted by Gasteiger charge is -2.33. The predicted octanol–water partition coefficient (Wildman–Crippen LogP) is 1.39. The van der Waals surface area contributed by atoms with Crippen LogP contribution in [0.5, 0.6) is 0 Å². The van der Waals surface area contributed by atoms with Gasteiger partial charge in [-0.3, -0.25) is 0 Å². The summed E-state index contributed by atoms with van der Waals surface area (Å²) in [7, 11) is 2.18. The number of hydrogen-bond acceptors (Lipinski definition) is 4. The van der Waals surface area contributed by atoms with Gasteiger partial charge in [0.15, 0.2) is 5.96 Å². The third-order valence-electron chi connectivity index (χ3n) is 4.79. The molecule has 6 heteroatoms. The van der Waals surface area contributed by atoms with Gasteiger partial charge in [-0.2, -0.15) is 0 Å². The van der Waals surface area contributed by atoms with Crippen molar-refractivity contribution in [3.63, 3.8) is 0 Å². The van der Waals surface area contributed by atoms with Crippen molar-refractivity contribution in [2.75, 3.05) is 57.8 Å². The fourth-order valence-electron chi connectivity index (χ4n) is 3.29. The first-order valence-corrected chi connectivity index (χ1v) is 9.18. The minimum atomic E-state index is 0.710. The van der Waals surface area contributed by atoms with Gasteiger partial charge < -0.3 is 20.0 Å². The number of anilines is 1. The molecule has 0 aliphatic carbocycles. The fraction of sp³-hybridized carbons (Fsp3) is 0.667. The van der Waals surface area contributed by atoms with Crippen LogP contribution in [0.4, 0.5) is 5.82 Å². The molecule has 0 amide bonds. The number of nitrogens with one attached hydrogen (secondary N) is 1. The van der Waals surface area contributed by atoms with Gasteiger partial charge in [0, 0.05) is 52.0 Å². The first kappa shape index (κ1) is 17.0. The standard InChI is InChI=1S/C18H30N6/c1-3-19-18(24-8-4-5-9-24)21-15-16-6-7-20-17(14-16)23-12-10-22(2)11-13-23/h6-7,14H,3-5,8-13,15H2,1-2H3,(H,19,21). The Morgan fingerprint density at radius 3 is 2.62 bits per heavy atom. The van der Waals surface area contributed by atoms with Gasteiger partial charge in [0.05, 0.1) is 6.54 Å². The second kappa shape index (κ2) is 8.33. The Morgan fingerprint density at radius 1 is 1.17 bits per heavy atom. The molecule has 132 valence electrons. The van der Waals surface area contributed by atoms with Crippen molar-refractivity contribution in [2.24, 2.45) is 4.99 Å². The Labute approximate surface area is 145 Å². The highest BCUT2D eigenvalue weighted by molar-refractivity contribution is 5.80. The van der Waals surface area contributed by atoms with Gasteiger partial charge in [-0.1, -0.05) is 0 Å². The molecule has 3 heterocycles. The van der Waals surface area contributed by atoms with Gasteiger partial charge >= 0.3 is 0 Å². The molecule has 2 fully saturated rings. The van der Waals surface area contributed by atoms with E-state index in [1.807, 2.05) is 6.20 Å². The van der Waals surface area contributed by atoms with Crippen LogP contribution in [-0.4, -0.2) is 73.6 Å². The number of rotatable bonds is 4. The lowest BCUT2D eigenvalue weighted by Crippen LogP contribution is -2.44. The van der Waals surface area contributed by atoms with Gasteiger partial charge in [-0.25, -0.2) is 9.98 Å². The second-order valence-electron chi connectivity index (χ2n) is 6.68. The second-order valence-corrected chi connectivity index (χ2v) is 6.68. The van der Waals surface area contributed by atoms with Crippen LogP contribution in [0.1, 0.15) is 25.3 Å². The quantitative estimate of drug-likeness (QED) is 0.668. The van der Waals surface area contributed by atoms with E-state index in [4.69, 9.17) is 4.99 Å². The Hall–Kier alpha value is -1.82. The smallest absolute Gasteiger partial charge is 0.194 e. The maximum atomic E-state index is 4.84. The number of aromatic nitrogens is 1. The molecule has 2 aliphatic rings. The van der Waals surface area contributed by atoms with Crippen molar-refractivity contribution in [3.8, 4) is 0 Å². The molecular formula is C18H30N6. The average molecular weight is 330 g/mol. The van der Waals surface area contributed by atoms with Gasteiger partial charge in [0.25, 0.3) is 0 Å². The summed E-state index contributed by atoms with van der Waals surface area (Å²) in [6.45, 7) is 10.3. The highest BCUT2D eigenvalue weighted by atomic mass is 15.3. The SMILES string of the molecule is CCNC(=NCc1ccnc(N2CCN(C)CC2)c1)N1CCCC1. The summed E-state index contributed by atoms with van der Waals surface area (Å²) in [6.07, 6.45) is 4.46. The number of piperazine rings is 1. The molecule has 0 spiro atoms. The van der Waals surface area contributed by atoms with Gasteiger partial charge in [0.1, 0.15) is 5.82 Å². The number of nitrogens with zero attached hydrogens (tertiary/aromatic N) is 5. The van der Waals surface area contributed by atoms with Crippen molar-refractivity contribution in [1.82, 2.24) is 20.1 Å². The highest BCUT2D eigenvalue weighted by Gasteiger charge is 2.17. The predicted molar refractivity (Wildman–Crippen MR) is 99.6 cm³/mol. The Kier molecular flexibility index (Phi) is 5.91. The van der Waals surface area contributed by atoms with Crippen molar-refractivity contribution in [2.45, 2.75) is 26.3 Å². The van der Waals surface area contributed by atoms with E-state index < -0.39 is 0 Å². The maximum absolute atomic E-state index is 4.84. The zero-order valence-electron chi connectivity index (χ0n) is 15.0. The summed E-state index contributed by atoms with van der Waals surface area (Å²) in [5.41, 5.74) is 1.23. The average Bonchev–Trinajstić information content (AvgIpc) is 3.14. The van der Waals surface area contributed by atoms with E-state index in [1.54, 1.807) is 0 Å². The molecule has 0 bridgehead atoms. The van der Waals surface area contributed by atoms with Crippen LogP contribution >= 0.6 is 0 Å². The van der Waals surface area contributed by atoms with Crippen LogP contribution in [0.3, 0.4) is 0 Å². The minimum Gasteiger partial charge on any atom is -0.357 e. The van der Waals surface area contributed by atoms with E-state index in [0.717, 1.165) is 57.6 Å². The summed E-state index contributed by atoms with van der Waals surface area (Å²) in [5.74, 6) is 2.13. The Balaban J connectivity index is 1.65. The largest absolute Gasteiger partial charge is 0.357 e. The van der Waals surface area contributed by atoms with Crippen molar-refractivity contribution >= 4 is 11.8 Å². The molecule has 6 nitrogen and oxygen atoms in total. The molecule has 0 unspecified atom stereocenters. The first-order chi connectivity index (χ1) is 11.8. The van der Waals surface area contributed by atoms with E-state index in [0.29, 0.717) is 6.54 Å². The van der Waals surface area contributed by atoms with Crippen LogP contribution in [-0.2, 0) is 6.54 Å². The van der Waals surface area contributed by atoms with E-state index in [2.05, 4.69) is 51.1 Å². The third-order valence-corrected chi connectivity index (χ3v) is 4.79. The summed E-state index contributed by atoms with van der Waals surface area (Å²) in [6, 6.07) is 4.28. The van der Waals surface area contributed by atoms with E-state index in [9.17, 15) is 0 Å². The summed E-state index contributed by atoms with van der Waals surface area (Å²) < 4.78 is 0. The third kappa shape index (κ3) is 4.38. The van der Waals surface area contributed by atoms with Crippen molar-refractivity contribution in [1.29, 1.82) is 0 Å². The van der Waals surface area contributed by atoms with Crippen LogP contribution in [0.25, 0.3) is 0 Å². The van der Waals surface area contributed by atoms with Crippen molar-refractivity contribution in [3.05, 3.63) is 23.9 Å². The van der Waals surface area contributed by atoms with Crippen LogP contribution in [0, 0.1) is 0 Å². The topological polar surface area (TPSA) is 47.0 Å². The Morgan fingerprint density at radius 2 is 1.92 bits per heavy atom. The molecule has 24 heavy (non-hydrogen) atoms. The number of aliphatic imine (C=N–C) groups is 1. The van der Waals surface area contributed by atoms with Crippen LogP contribution in [0.15, 0.2) is 23.3 Å². The zero-order valence-corrected chi connectivity index (χ0v) is 15.0. The number of pyridine rings is 1. The fourth-order valence-corrected chi connectivity index (χ4v) is 3.29. The molecule has 1 aromatic rings. The van der Waals surface area contributed by atoms with Crippen LogP contribution in [0.2, 0.25) is 0 Å². The molecule has 1 aromatic heterocycles. The normalized spacial score (nSPS) is 19.8. The number of guanidine groups is 1. The van der Waals surface area contributed by atoms with Crippen LogP contribution < -0.4 is 10.2 Å². The molecule has 2 aliphatic heterocycles. The highest BCUT2D eigenvalue weighted by Crippen LogP contribution is 2.16. The summed E-state index contributed by atoms with van der Waals surface area (Å²) in [4.78, 5) is 16.5. The van der Waals surface area contributed by atoms with E-state index in [-0.39, 0.29) is 0 Å². The van der Waals surface area contributed by atoms with E-state index >= 15 is 0 Å². The molecular weight excluding hydrogens is 300 g/mol. The lowest BCUT2D eigenvalue weighted by atomic mass is 10.2. The minimum absolute atomic E-state index is 0.710. The first-order valence-electron chi connectivity index (χ1n) is 9.18. The molecule has 0 aromatic carbocycles. The zero-order chi connectivity index (χ0) is 16.8. The van der Waals surface area contributed by atoms with E-state index in [1.165, 1.54) is 18.4 Å². The lowest BCUT2D eigenvalue weighted by molar-refractivity contribution is 0.312. The number of likely N-dealkylation sites (N-methyl/N-ethyl adjacent to an activating group) is 1. The monoisotopic (exact) mass is 330 g/mol.